The van der Waals surface area contributed by atoms with Crippen LogP contribution >= 0.6 is 11.6 Å². The molecule has 0 saturated heterocycles. The molecule has 0 unspecified atom stereocenters. The molecule has 0 heterocycles. The molecule has 0 radical (unpaired) electrons. The first-order chi connectivity index (χ1) is 9.72. The van der Waals surface area contributed by atoms with Crippen molar-refractivity contribution in [2.45, 2.75) is 11.8 Å². The molecule has 1 aromatic carbocycles. The molecular formula is C11H14ClN3O4S2. The fourth-order valence-corrected chi connectivity index (χ4v) is 4.13. The summed E-state index contributed by atoms with van der Waals surface area (Å²) >= 11 is 5.81. The van der Waals surface area contributed by atoms with Gasteiger partial charge in [0.1, 0.15) is 4.90 Å². The maximum atomic E-state index is 12.0. The Morgan fingerprint density at radius 3 is 2.43 bits per heavy atom. The fourth-order valence-electron chi connectivity index (χ4n) is 1.47. The van der Waals surface area contributed by atoms with Crippen LogP contribution in [0.3, 0.4) is 0 Å². The van der Waals surface area contributed by atoms with E-state index in [0.717, 1.165) is 0 Å². The van der Waals surface area contributed by atoms with Crippen LogP contribution in [-0.4, -0.2) is 35.7 Å². The Labute approximate surface area is 129 Å². The van der Waals surface area contributed by atoms with Crippen LogP contribution in [0.15, 0.2) is 23.1 Å². The van der Waals surface area contributed by atoms with Gasteiger partial charge in [0.05, 0.1) is 22.4 Å². The van der Waals surface area contributed by atoms with Gasteiger partial charge in [-0.25, -0.2) is 26.3 Å². The average Bonchev–Trinajstić information content (AvgIpc) is 2.37. The van der Waals surface area contributed by atoms with E-state index in [1.807, 2.05) is 6.07 Å². The number of rotatable bonds is 7. The fraction of sp³-hybridized carbons (Fsp3) is 0.364. The Morgan fingerprint density at radius 1 is 1.24 bits per heavy atom. The highest BCUT2D eigenvalue weighted by Crippen LogP contribution is 2.22. The normalized spacial score (nSPS) is 12.0. The van der Waals surface area contributed by atoms with Gasteiger partial charge in [-0.3, -0.25) is 0 Å². The minimum atomic E-state index is -3.94. The SMILES string of the molecule is CCNS(=O)(=O)CCNS(=O)(=O)c1ccc(C#N)cc1Cl. The van der Waals surface area contributed by atoms with Crippen LogP contribution in [0.25, 0.3) is 0 Å². The Balaban J connectivity index is 2.82. The minimum absolute atomic E-state index is 0.101. The number of hydrogen-bond acceptors (Lipinski definition) is 5. The summed E-state index contributed by atoms with van der Waals surface area (Å²) in [6.07, 6.45) is 0. The van der Waals surface area contributed by atoms with E-state index in [1.54, 1.807) is 6.92 Å². The summed E-state index contributed by atoms with van der Waals surface area (Å²) in [4.78, 5) is -0.205. The first-order valence-corrected chi connectivity index (χ1v) is 9.40. The van der Waals surface area contributed by atoms with Crippen molar-refractivity contribution in [2.75, 3.05) is 18.8 Å². The molecule has 0 aliphatic carbocycles. The van der Waals surface area contributed by atoms with Crippen molar-refractivity contribution >= 4 is 31.6 Å². The van der Waals surface area contributed by atoms with E-state index < -0.39 is 20.0 Å². The van der Waals surface area contributed by atoms with E-state index in [1.165, 1.54) is 18.2 Å². The summed E-state index contributed by atoms with van der Waals surface area (Å²) in [5, 5.41) is 8.59. The lowest BCUT2D eigenvalue weighted by Gasteiger charge is -2.09. The predicted molar refractivity (Wildman–Crippen MR) is 78.8 cm³/mol. The lowest BCUT2D eigenvalue weighted by Crippen LogP contribution is -2.34. The van der Waals surface area contributed by atoms with Crippen molar-refractivity contribution in [1.82, 2.24) is 9.44 Å². The second kappa shape index (κ2) is 7.20. The van der Waals surface area contributed by atoms with Crippen LogP contribution in [0.1, 0.15) is 12.5 Å². The van der Waals surface area contributed by atoms with Gasteiger partial charge >= 0.3 is 0 Å². The highest BCUT2D eigenvalue weighted by Gasteiger charge is 2.19. The molecule has 0 fully saturated rings. The summed E-state index contributed by atoms with van der Waals surface area (Å²) in [6, 6.07) is 5.58. The van der Waals surface area contributed by atoms with Crippen LogP contribution in [0.4, 0.5) is 0 Å². The van der Waals surface area contributed by atoms with Crippen LogP contribution in [0.2, 0.25) is 5.02 Å². The van der Waals surface area contributed by atoms with Gasteiger partial charge in [0.2, 0.25) is 20.0 Å². The maximum Gasteiger partial charge on any atom is 0.242 e. The van der Waals surface area contributed by atoms with Crippen LogP contribution in [0.5, 0.6) is 0 Å². The van der Waals surface area contributed by atoms with Gasteiger partial charge in [-0.05, 0) is 18.2 Å². The standard InChI is InChI=1S/C11H14ClN3O4S2/c1-2-14-20(16,17)6-5-15-21(18,19)11-4-3-9(8-13)7-10(11)12/h3-4,7,14-15H,2,5-6H2,1H3. The van der Waals surface area contributed by atoms with Crippen molar-refractivity contribution in [2.24, 2.45) is 0 Å². The third kappa shape index (κ3) is 5.26. The molecule has 0 spiro atoms. The molecule has 0 atom stereocenters. The summed E-state index contributed by atoms with van der Waals surface area (Å²) < 4.78 is 51.2. The van der Waals surface area contributed by atoms with E-state index in [4.69, 9.17) is 16.9 Å². The zero-order valence-corrected chi connectivity index (χ0v) is 13.5. The molecule has 0 amide bonds. The molecule has 0 saturated carbocycles. The lowest BCUT2D eigenvalue weighted by atomic mass is 10.2. The van der Waals surface area contributed by atoms with Gasteiger partial charge in [0, 0.05) is 13.1 Å². The first kappa shape index (κ1) is 17.9. The Kier molecular flexibility index (Phi) is 6.12. The second-order valence-electron chi connectivity index (χ2n) is 3.97. The molecule has 2 N–H and O–H groups in total. The van der Waals surface area contributed by atoms with Gasteiger partial charge in [-0.15, -0.1) is 0 Å². The number of halogens is 1. The van der Waals surface area contributed by atoms with Gasteiger partial charge in [0.15, 0.2) is 0 Å². The Bertz CT molecular complexity index is 754. The molecule has 7 nitrogen and oxygen atoms in total. The van der Waals surface area contributed by atoms with Crippen LogP contribution in [0, 0.1) is 11.3 Å². The Hall–Kier alpha value is -1.18. The molecule has 10 heteroatoms. The summed E-state index contributed by atoms with van der Waals surface area (Å²) in [6.45, 7) is 1.57. The van der Waals surface area contributed by atoms with Crippen molar-refractivity contribution in [1.29, 1.82) is 5.26 Å². The molecule has 21 heavy (non-hydrogen) atoms. The van der Waals surface area contributed by atoms with Crippen molar-refractivity contribution in [3.8, 4) is 6.07 Å². The summed E-state index contributed by atoms with van der Waals surface area (Å²) in [5.74, 6) is -0.381. The highest BCUT2D eigenvalue weighted by atomic mass is 35.5. The van der Waals surface area contributed by atoms with Gasteiger partial charge in [-0.1, -0.05) is 18.5 Å². The molecule has 0 aliphatic heterocycles. The molecule has 1 aromatic rings. The largest absolute Gasteiger partial charge is 0.242 e. The molecule has 1 rings (SSSR count). The van der Waals surface area contributed by atoms with Crippen LogP contribution < -0.4 is 9.44 Å². The maximum absolute atomic E-state index is 12.0. The van der Waals surface area contributed by atoms with E-state index >= 15 is 0 Å². The minimum Gasteiger partial charge on any atom is -0.215 e. The monoisotopic (exact) mass is 351 g/mol. The van der Waals surface area contributed by atoms with Gasteiger partial charge in [0.25, 0.3) is 0 Å². The zero-order chi connectivity index (χ0) is 16.1. The smallest absolute Gasteiger partial charge is 0.215 e. The third-order valence-corrected chi connectivity index (χ3v) is 5.79. The number of nitrogens with zero attached hydrogens (tertiary/aromatic N) is 1. The number of nitriles is 1. The molecular weight excluding hydrogens is 338 g/mol. The highest BCUT2D eigenvalue weighted by molar-refractivity contribution is 7.90. The van der Waals surface area contributed by atoms with Crippen molar-refractivity contribution in [3.05, 3.63) is 28.8 Å². The van der Waals surface area contributed by atoms with Gasteiger partial charge in [-0.2, -0.15) is 5.26 Å². The Morgan fingerprint density at radius 2 is 1.90 bits per heavy atom. The number of nitrogens with one attached hydrogen (secondary N) is 2. The number of sulfonamides is 2. The van der Waals surface area contributed by atoms with Crippen molar-refractivity contribution < 1.29 is 16.8 Å². The van der Waals surface area contributed by atoms with Crippen LogP contribution in [-0.2, 0) is 20.0 Å². The zero-order valence-electron chi connectivity index (χ0n) is 11.1. The summed E-state index contributed by atoms with van der Waals surface area (Å²) in [7, 11) is -7.45. The van der Waals surface area contributed by atoms with E-state index in [0.29, 0.717) is 0 Å². The number of hydrogen-bond donors (Lipinski definition) is 2. The first-order valence-electron chi connectivity index (χ1n) is 5.88. The average molecular weight is 352 g/mol. The van der Waals surface area contributed by atoms with Crippen molar-refractivity contribution in [3.63, 3.8) is 0 Å². The topological polar surface area (TPSA) is 116 Å². The molecule has 116 valence electrons. The quantitative estimate of drug-likeness (QED) is 0.738. The third-order valence-electron chi connectivity index (χ3n) is 2.38. The predicted octanol–water partition coefficient (Wildman–Crippen LogP) is 0.429. The number of benzene rings is 1. The summed E-state index contributed by atoms with van der Waals surface area (Å²) in [5.41, 5.74) is 0.230. The molecule has 0 aromatic heterocycles. The molecule has 0 bridgehead atoms. The second-order valence-corrected chi connectivity index (χ2v) is 8.04. The van der Waals surface area contributed by atoms with E-state index in [9.17, 15) is 16.8 Å². The lowest BCUT2D eigenvalue weighted by molar-refractivity contribution is 0.576. The van der Waals surface area contributed by atoms with Gasteiger partial charge < -0.3 is 0 Å². The van der Waals surface area contributed by atoms with E-state index in [2.05, 4.69) is 9.44 Å². The molecule has 0 aliphatic rings. The van der Waals surface area contributed by atoms with E-state index in [-0.39, 0.29) is 34.3 Å².